The number of benzene rings is 1. The molecule has 1 unspecified atom stereocenters. The van der Waals surface area contributed by atoms with Crippen LogP contribution in [0.5, 0.6) is 0 Å². The Hall–Kier alpha value is -1.55. The Balaban J connectivity index is 2.95. The maximum absolute atomic E-state index is 12.6. The van der Waals surface area contributed by atoms with E-state index in [4.69, 9.17) is 11.6 Å². The molecule has 1 aromatic rings. The monoisotopic (exact) mass is 352 g/mol. The van der Waals surface area contributed by atoms with Crippen molar-refractivity contribution < 1.29 is 9.59 Å². The second kappa shape index (κ2) is 11.1. The summed E-state index contributed by atoms with van der Waals surface area (Å²) in [5, 5.41) is 3.57. The first-order chi connectivity index (χ1) is 11.5. The average molecular weight is 353 g/mol. The molecule has 0 saturated heterocycles. The van der Waals surface area contributed by atoms with Crippen LogP contribution < -0.4 is 5.32 Å². The summed E-state index contributed by atoms with van der Waals surface area (Å²) in [6.07, 6.45) is 3.73. The number of rotatable bonds is 10. The summed E-state index contributed by atoms with van der Waals surface area (Å²) in [6.45, 7) is 6.99. The molecule has 0 aliphatic heterocycles. The summed E-state index contributed by atoms with van der Waals surface area (Å²) in [5.74, 6) is -0.0858. The molecule has 0 fully saturated rings. The average Bonchev–Trinajstić information content (AvgIpc) is 2.56. The largest absolute Gasteiger partial charge is 0.354 e. The third-order valence-corrected chi connectivity index (χ3v) is 4.35. The van der Waals surface area contributed by atoms with Gasteiger partial charge in [-0.2, -0.15) is 0 Å². The van der Waals surface area contributed by atoms with Crippen molar-refractivity contribution in [2.75, 3.05) is 6.54 Å². The Kier molecular flexibility index (Phi) is 9.46. The fourth-order valence-electron chi connectivity index (χ4n) is 2.59. The zero-order valence-electron chi connectivity index (χ0n) is 15.0. The first-order valence-corrected chi connectivity index (χ1v) is 9.23. The second-order valence-electron chi connectivity index (χ2n) is 5.93. The lowest BCUT2D eigenvalue weighted by atomic mass is 10.1. The first kappa shape index (κ1) is 20.5. The standard InChI is InChI=1S/C19H29ClN2O2/c1-4-7-13-21-19(24)17(6-3)22(18(23)10-5-2)14-15-11-8-9-12-16(15)20/h8-9,11-12,17H,4-7,10,13-14H2,1-3H3,(H,21,24). The lowest BCUT2D eigenvalue weighted by Gasteiger charge is -2.31. The minimum Gasteiger partial charge on any atom is -0.354 e. The highest BCUT2D eigenvalue weighted by Crippen LogP contribution is 2.20. The Morgan fingerprint density at radius 2 is 1.88 bits per heavy atom. The van der Waals surface area contributed by atoms with Gasteiger partial charge in [0, 0.05) is 24.5 Å². The topological polar surface area (TPSA) is 49.4 Å². The van der Waals surface area contributed by atoms with Crippen LogP contribution in [0.3, 0.4) is 0 Å². The molecule has 1 atom stereocenters. The van der Waals surface area contributed by atoms with Gasteiger partial charge in [0.05, 0.1) is 0 Å². The van der Waals surface area contributed by atoms with Gasteiger partial charge in [0.25, 0.3) is 0 Å². The van der Waals surface area contributed by atoms with Crippen molar-refractivity contribution in [3.05, 3.63) is 34.9 Å². The van der Waals surface area contributed by atoms with Gasteiger partial charge in [0.1, 0.15) is 6.04 Å². The van der Waals surface area contributed by atoms with E-state index in [1.54, 1.807) is 4.90 Å². The molecule has 1 N–H and O–H groups in total. The summed E-state index contributed by atoms with van der Waals surface area (Å²) in [5.41, 5.74) is 0.864. The van der Waals surface area contributed by atoms with Gasteiger partial charge in [0.15, 0.2) is 0 Å². The predicted octanol–water partition coefficient (Wildman–Crippen LogP) is 4.16. The van der Waals surface area contributed by atoms with Crippen LogP contribution >= 0.6 is 11.6 Å². The van der Waals surface area contributed by atoms with Gasteiger partial charge in [-0.15, -0.1) is 0 Å². The minimum atomic E-state index is -0.461. The smallest absolute Gasteiger partial charge is 0.242 e. The van der Waals surface area contributed by atoms with Gasteiger partial charge in [0.2, 0.25) is 11.8 Å². The second-order valence-corrected chi connectivity index (χ2v) is 6.34. The van der Waals surface area contributed by atoms with E-state index in [1.165, 1.54) is 0 Å². The summed E-state index contributed by atoms with van der Waals surface area (Å²) in [7, 11) is 0. The Labute approximate surface area is 150 Å². The molecule has 0 radical (unpaired) electrons. The first-order valence-electron chi connectivity index (χ1n) is 8.85. The van der Waals surface area contributed by atoms with E-state index in [9.17, 15) is 9.59 Å². The highest BCUT2D eigenvalue weighted by atomic mass is 35.5. The maximum Gasteiger partial charge on any atom is 0.242 e. The van der Waals surface area contributed by atoms with Gasteiger partial charge >= 0.3 is 0 Å². The third-order valence-electron chi connectivity index (χ3n) is 3.98. The molecule has 0 spiro atoms. The van der Waals surface area contributed by atoms with Crippen LogP contribution in [-0.2, 0) is 16.1 Å². The molecule has 0 aliphatic rings. The molecule has 0 bridgehead atoms. The minimum absolute atomic E-state index is 0.00471. The number of nitrogens with one attached hydrogen (secondary N) is 1. The summed E-state index contributed by atoms with van der Waals surface area (Å²) in [6, 6.07) is 7.00. The van der Waals surface area contributed by atoms with E-state index in [0.717, 1.165) is 24.8 Å². The number of amides is 2. The van der Waals surface area contributed by atoms with E-state index in [1.807, 2.05) is 38.1 Å². The van der Waals surface area contributed by atoms with Crippen LogP contribution in [0.15, 0.2) is 24.3 Å². The molecule has 24 heavy (non-hydrogen) atoms. The third kappa shape index (κ3) is 6.16. The fourth-order valence-corrected chi connectivity index (χ4v) is 2.79. The van der Waals surface area contributed by atoms with Gasteiger partial charge < -0.3 is 10.2 Å². The lowest BCUT2D eigenvalue weighted by molar-refractivity contribution is -0.141. The number of carbonyl (C=O) groups is 2. The molecule has 5 heteroatoms. The van der Waals surface area contributed by atoms with E-state index < -0.39 is 6.04 Å². The van der Waals surface area contributed by atoms with E-state index in [2.05, 4.69) is 12.2 Å². The molecule has 0 heterocycles. The SMILES string of the molecule is CCCCNC(=O)C(CC)N(Cc1ccccc1Cl)C(=O)CCC. The molecule has 0 saturated carbocycles. The molecule has 0 aromatic heterocycles. The van der Waals surface area contributed by atoms with Gasteiger partial charge in [-0.25, -0.2) is 0 Å². The highest BCUT2D eigenvalue weighted by Gasteiger charge is 2.28. The Bertz CT molecular complexity index is 534. The molecular weight excluding hydrogens is 324 g/mol. The maximum atomic E-state index is 12.6. The molecule has 2 amide bonds. The van der Waals surface area contributed by atoms with Gasteiger partial charge in [-0.3, -0.25) is 9.59 Å². The van der Waals surface area contributed by atoms with Gasteiger partial charge in [-0.1, -0.05) is 57.0 Å². The molecular formula is C19H29ClN2O2. The Morgan fingerprint density at radius 3 is 2.46 bits per heavy atom. The quantitative estimate of drug-likeness (QED) is 0.642. The molecule has 4 nitrogen and oxygen atoms in total. The van der Waals surface area contributed by atoms with Crippen molar-refractivity contribution in [2.24, 2.45) is 0 Å². The van der Waals surface area contributed by atoms with Crippen molar-refractivity contribution in [2.45, 2.75) is 65.5 Å². The van der Waals surface area contributed by atoms with E-state index in [-0.39, 0.29) is 11.8 Å². The van der Waals surface area contributed by atoms with Crippen molar-refractivity contribution in [3.8, 4) is 0 Å². The van der Waals surface area contributed by atoms with Crippen molar-refractivity contribution in [1.82, 2.24) is 10.2 Å². The van der Waals surface area contributed by atoms with Crippen LogP contribution in [0, 0.1) is 0 Å². The predicted molar refractivity (Wildman–Crippen MR) is 98.9 cm³/mol. The normalized spacial score (nSPS) is 11.8. The number of hydrogen-bond donors (Lipinski definition) is 1. The summed E-state index contributed by atoms with van der Waals surface area (Å²) >= 11 is 6.24. The van der Waals surface area contributed by atoms with Crippen LogP contribution in [0.4, 0.5) is 0 Å². The number of unbranched alkanes of at least 4 members (excludes halogenated alkanes) is 1. The number of halogens is 1. The lowest BCUT2D eigenvalue weighted by Crippen LogP contribution is -2.49. The van der Waals surface area contributed by atoms with E-state index >= 15 is 0 Å². The van der Waals surface area contributed by atoms with Crippen molar-refractivity contribution >= 4 is 23.4 Å². The van der Waals surface area contributed by atoms with Gasteiger partial charge in [-0.05, 0) is 30.9 Å². The molecule has 1 rings (SSSR count). The zero-order chi connectivity index (χ0) is 17.9. The number of hydrogen-bond acceptors (Lipinski definition) is 2. The van der Waals surface area contributed by atoms with Crippen molar-refractivity contribution in [3.63, 3.8) is 0 Å². The summed E-state index contributed by atoms with van der Waals surface area (Å²) in [4.78, 5) is 26.8. The molecule has 0 aliphatic carbocycles. The van der Waals surface area contributed by atoms with Crippen LogP contribution in [0.1, 0.15) is 58.4 Å². The summed E-state index contributed by atoms with van der Waals surface area (Å²) < 4.78 is 0. The Morgan fingerprint density at radius 1 is 1.17 bits per heavy atom. The number of nitrogens with zero attached hydrogens (tertiary/aromatic N) is 1. The fraction of sp³-hybridized carbons (Fsp3) is 0.579. The molecule has 1 aromatic carbocycles. The zero-order valence-corrected chi connectivity index (χ0v) is 15.7. The van der Waals surface area contributed by atoms with Crippen LogP contribution in [0.2, 0.25) is 5.02 Å². The van der Waals surface area contributed by atoms with Crippen LogP contribution in [0.25, 0.3) is 0 Å². The van der Waals surface area contributed by atoms with Crippen LogP contribution in [-0.4, -0.2) is 29.3 Å². The van der Waals surface area contributed by atoms with E-state index in [0.29, 0.717) is 31.0 Å². The van der Waals surface area contributed by atoms with Crippen molar-refractivity contribution in [1.29, 1.82) is 0 Å². The highest BCUT2D eigenvalue weighted by molar-refractivity contribution is 6.31. The molecule has 134 valence electrons. The number of carbonyl (C=O) groups excluding carboxylic acids is 2.